The van der Waals surface area contributed by atoms with Crippen LogP contribution in [-0.4, -0.2) is 29.8 Å². The van der Waals surface area contributed by atoms with E-state index in [9.17, 15) is 13.2 Å². The van der Waals surface area contributed by atoms with Crippen molar-refractivity contribution in [1.82, 2.24) is 9.97 Å². The average Bonchev–Trinajstić information content (AvgIpc) is 2.36. The van der Waals surface area contributed by atoms with Crippen LogP contribution in [0.2, 0.25) is 0 Å². The van der Waals surface area contributed by atoms with Crippen LogP contribution in [0.5, 0.6) is 5.88 Å². The van der Waals surface area contributed by atoms with Crippen molar-refractivity contribution < 1.29 is 17.9 Å². The van der Waals surface area contributed by atoms with Crippen LogP contribution in [0.15, 0.2) is 0 Å². The lowest BCUT2D eigenvalue weighted by molar-refractivity contribution is -0.136. The predicted molar refractivity (Wildman–Crippen MR) is 71.1 cm³/mol. The molecule has 0 bridgehead atoms. The molecule has 1 N–H and O–H groups in total. The highest BCUT2D eigenvalue weighted by Crippen LogP contribution is 2.24. The molecule has 1 rings (SSSR count). The lowest BCUT2D eigenvalue weighted by Gasteiger charge is -2.13. The van der Waals surface area contributed by atoms with Crippen molar-refractivity contribution in [3.63, 3.8) is 0 Å². The molecule has 0 aromatic carbocycles. The minimum atomic E-state index is -4.15. The van der Waals surface area contributed by atoms with Crippen LogP contribution in [-0.2, 0) is 6.42 Å². The molecular weight excluding hydrogens is 271 g/mol. The van der Waals surface area contributed by atoms with Crippen LogP contribution in [0, 0.1) is 6.92 Å². The van der Waals surface area contributed by atoms with Gasteiger partial charge in [-0.25, -0.2) is 4.98 Å². The van der Waals surface area contributed by atoms with E-state index < -0.39 is 12.6 Å². The molecular formula is C13H20F3N3O. The third-order valence-corrected chi connectivity index (χ3v) is 2.70. The topological polar surface area (TPSA) is 47.0 Å². The molecule has 0 aliphatic rings. The molecule has 0 radical (unpaired) electrons. The molecule has 0 aliphatic carbocycles. The number of hydrogen-bond acceptors (Lipinski definition) is 4. The van der Waals surface area contributed by atoms with E-state index in [1.54, 1.807) is 14.0 Å². The fraction of sp³-hybridized carbons (Fsp3) is 0.692. The number of aromatic nitrogens is 2. The largest absolute Gasteiger partial charge is 0.477 e. The normalized spacial score (nSPS) is 11.5. The van der Waals surface area contributed by atoms with Gasteiger partial charge in [0.15, 0.2) is 0 Å². The van der Waals surface area contributed by atoms with Crippen LogP contribution in [0.4, 0.5) is 19.0 Å². The molecule has 1 aromatic rings. The van der Waals surface area contributed by atoms with Crippen LogP contribution in [0.1, 0.15) is 37.6 Å². The summed E-state index contributed by atoms with van der Waals surface area (Å²) in [5, 5.41) is 2.94. The number of ether oxygens (including phenoxy) is 1. The maximum absolute atomic E-state index is 12.1. The first-order valence-electron chi connectivity index (χ1n) is 6.62. The number of aryl methyl sites for hydroxylation is 1. The van der Waals surface area contributed by atoms with Gasteiger partial charge in [0.05, 0.1) is 12.2 Å². The first-order valence-corrected chi connectivity index (χ1v) is 6.62. The molecule has 0 saturated heterocycles. The zero-order valence-corrected chi connectivity index (χ0v) is 12.0. The first kappa shape index (κ1) is 16.5. The molecule has 1 heterocycles. The minimum absolute atomic E-state index is 0.00785. The van der Waals surface area contributed by atoms with E-state index in [1.807, 2.05) is 6.92 Å². The molecule has 1 aromatic heterocycles. The Balaban J connectivity index is 2.70. The Morgan fingerprint density at radius 1 is 1.25 bits per heavy atom. The second-order valence-electron chi connectivity index (χ2n) is 4.49. The third kappa shape index (κ3) is 5.22. The van der Waals surface area contributed by atoms with Crippen LogP contribution in [0.3, 0.4) is 0 Å². The van der Waals surface area contributed by atoms with Gasteiger partial charge in [0.2, 0.25) is 5.88 Å². The number of alkyl halides is 3. The molecule has 4 nitrogen and oxygen atoms in total. The number of anilines is 1. The summed E-state index contributed by atoms with van der Waals surface area (Å²) in [5.41, 5.74) is 0.708. The van der Waals surface area contributed by atoms with Crippen molar-refractivity contribution in [2.75, 3.05) is 19.0 Å². The highest BCUT2D eigenvalue weighted by molar-refractivity contribution is 5.48. The van der Waals surface area contributed by atoms with Crippen molar-refractivity contribution >= 4 is 5.82 Å². The van der Waals surface area contributed by atoms with E-state index >= 15 is 0 Å². The van der Waals surface area contributed by atoms with Crippen LogP contribution in [0.25, 0.3) is 0 Å². The molecule has 0 unspecified atom stereocenters. The molecule has 0 atom stereocenters. The third-order valence-electron chi connectivity index (χ3n) is 2.70. The van der Waals surface area contributed by atoms with Gasteiger partial charge in [-0.1, -0.05) is 6.92 Å². The van der Waals surface area contributed by atoms with Crippen LogP contribution >= 0.6 is 0 Å². The molecule has 7 heteroatoms. The molecule has 114 valence electrons. The Morgan fingerprint density at radius 2 is 1.95 bits per heavy atom. The molecule has 0 saturated carbocycles. The second-order valence-corrected chi connectivity index (χ2v) is 4.49. The van der Waals surface area contributed by atoms with Gasteiger partial charge < -0.3 is 10.1 Å². The number of nitrogens with one attached hydrogen (secondary N) is 1. The lowest BCUT2D eigenvalue weighted by Crippen LogP contribution is -2.12. The Bertz CT molecular complexity index is 436. The second kappa shape index (κ2) is 7.31. The summed E-state index contributed by atoms with van der Waals surface area (Å²) in [4.78, 5) is 8.58. The highest BCUT2D eigenvalue weighted by Gasteiger charge is 2.26. The molecule has 0 spiro atoms. The SMILES string of the molecule is CCCc1nc(NC)c(C)c(OCCCC(F)(F)F)n1. The fourth-order valence-electron chi connectivity index (χ4n) is 1.70. The smallest absolute Gasteiger partial charge is 0.389 e. The van der Waals surface area contributed by atoms with E-state index in [4.69, 9.17) is 4.74 Å². The molecule has 0 aliphatic heterocycles. The summed E-state index contributed by atoms with van der Waals surface area (Å²) < 4.78 is 41.5. The molecule has 0 amide bonds. The number of nitrogens with zero attached hydrogens (tertiary/aromatic N) is 2. The van der Waals surface area contributed by atoms with Crippen molar-refractivity contribution in [2.45, 2.75) is 45.7 Å². The van der Waals surface area contributed by atoms with Gasteiger partial charge in [-0.3, -0.25) is 0 Å². The Morgan fingerprint density at radius 3 is 2.50 bits per heavy atom. The maximum atomic E-state index is 12.1. The van der Waals surface area contributed by atoms with Crippen molar-refractivity contribution in [2.24, 2.45) is 0 Å². The number of halogens is 3. The van der Waals surface area contributed by atoms with Gasteiger partial charge in [0.1, 0.15) is 11.6 Å². The summed E-state index contributed by atoms with van der Waals surface area (Å²) in [6.45, 7) is 3.78. The number of rotatable bonds is 7. The van der Waals surface area contributed by atoms with E-state index in [1.165, 1.54) is 0 Å². The van der Waals surface area contributed by atoms with E-state index in [2.05, 4.69) is 15.3 Å². The van der Waals surface area contributed by atoms with E-state index in [-0.39, 0.29) is 13.0 Å². The van der Waals surface area contributed by atoms with Gasteiger partial charge >= 0.3 is 6.18 Å². The van der Waals surface area contributed by atoms with E-state index in [0.717, 1.165) is 6.42 Å². The monoisotopic (exact) mass is 291 g/mol. The summed E-state index contributed by atoms with van der Waals surface area (Å²) >= 11 is 0. The van der Waals surface area contributed by atoms with Crippen molar-refractivity contribution in [3.8, 4) is 5.88 Å². The molecule has 0 fully saturated rings. The zero-order valence-electron chi connectivity index (χ0n) is 12.0. The number of hydrogen-bond donors (Lipinski definition) is 1. The maximum Gasteiger partial charge on any atom is 0.389 e. The van der Waals surface area contributed by atoms with Crippen LogP contribution < -0.4 is 10.1 Å². The fourth-order valence-corrected chi connectivity index (χ4v) is 1.70. The van der Waals surface area contributed by atoms with E-state index in [0.29, 0.717) is 29.5 Å². The summed E-state index contributed by atoms with van der Waals surface area (Å²) in [7, 11) is 1.73. The standard InChI is InChI=1S/C13H20F3N3O/c1-4-6-10-18-11(17-3)9(2)12(19-10)20-8-5-7-13(14,15)16/h4-8H2,1-3H3,(H,17,18,19). The van der Waals surface area contributed by atoms with Gasteiger partial charge in [-0.2, -0.15) is 18.2 Å². The Hall–Kier alpha value is -1.53. The van der Waals surface area contributed by atoms with Gasteiger partial charge in [-0.15, -0.1) is 0 Å². The summed E-state index contributed by atoms with van der Waals surface area (Å²) in [6.07, 6.45) is -3.48. The van der Waals surface area contributed by atoms with Crippen molar-refractivity contribution in [3.05, 3.63) is 11.4 Å². The average molecular weight is 291 g/mol. The summed E-state index contributed by atoms with van der Waals surface area (Å²) in [5.74, 6) is 1.64. The minimum Gasteiger partial charge on any atom is -0.477 e. The van der Waals surface area contributed by atoms with Gasteiger partial charge in [-0.05, 0) is 19.8 Å². The molecule has 20 heavy (non-hydrogen) atoms. The highest BCUT2D eigenvalue weighted by atomic mass is 19.4. The first-order chi connectivity index (χ1) is 9.37. The van der Waals surface area contributed by atoms with Crippen molar-refractivity contribution in [1.29, 1.82) is 0 Å². The summed E-state index contributed by atoms with van der Waals surface area (Å²) in [6, 6.07) is 0. The Labute approximate surface area is 116 Å². The van der Waals surface area contributed by atoms with Gasteiger partial charge in [0, 0.05) is 19.9 Å². The van der Waals surface area contributed by atoms with Gasteiger partial charge in [0.25, 0.3) is 0 Å². The Kier molecular flexibility index (Phi) is 6.04. The zero-order chi connectivity index (χ0) is 15.2. The quantitative estimate of drug-likeness (QED) is 0.781. The predicted octanol–water partition coefficient (Wildman–Crippen LogP) is 3.50. The lowest BCUT2D eigenvalue weighted by atomic mass is 10.2.